The molecule has 16 heavy (non-hydrogen) atoms. The Hall–Kier alpha value is -1.55. The van der Waals surface area contributed by atoms with Gasteiger partial charge in [0.25, 0.3) is 0 Å². The van der Waals surface area contributed by atoms with Gasteiger partial charge in [0.2, 0.25) is 0 Å². The summed E-state index contributed by atoms with van der Waals surface area (Å²) >= 11 is 0. The molecule has 0 aromatic carbocycles. The second-order valence-corrected chi connectivity index (χ2v) is 4.33. The molecule has 2 unspecified atom stereocenters. The van der Waals surface area contributed by atoms with Gasteiger partial charge in [-0.2, -0.15) is 0 Å². The maximum absolute atomic E-state index is 5.96. The Labute approximate surface area is 94.0 Å². The Kier molecular flexibility index (Phi) is 2.29. The summed E-state index contributed by atoms with van der Waals surface area (Å²) in [7, 11) is 0. The van der Waals surface area contributed by atoms with Crippen molar-refractivity contribution >= 4 is 5.65 Å². The number of hydrogen-bond acceptors (Lipinski definition) is 3. The third-order valence-electron chi connectivity index (χ3n) is 3.10. The molecule has 1 saturated carbocycles. The predicted octanol–water partition coefficient (Wildman–Crippen LogP) is 1.59. The van der Waals surface area contributed by atoms with E-state index < -0.39 is 0 Å². The SMILES string of the molecule is NC1CCC(Oc2cccc3nccn23)C1. The fourth-order valence-electron chi connectivity index (χ4n) is 2.27. The Bertz CT molecular complexity index is 494. The number of imidazole rings is 1. The van der Waals surface area contributed by atoms with E-state index >= 15 is 0 Å². The van der Waals surface area contributed by atoms with Crippen LogP contribution in [0.15, 0.2) is 30.6 Å². The molecule has 2 aromatic heterocycles. The molecule has 1 aliphatic rings. The maximum atomic E-state index is 5.96. The Morgan fingerprint density at radius 3 is 3.12 bits per heavy atom. The molecular formula is C12H15N3O. The van der Waals surface area contributed by atoms with E-state index in [-0.39, 0.29) is 6.10 Å². The van der Waals surface area contributed by atoms with Crippen LogP contribution in [-0.4, -0.2) is 21.5 Å². The molecule has 2 N–H and O–H groups in total. The van der Waals surface area contributed by atoms with Crippen molar-refractivity contribution in [2.75, 3.05) is 0 Å². The van der Waals surface area contributed by atoms with Gasteiger partial charge in [-0.15, -0.1) is 0 Å². The van der Waals surface area contributed by atoms with E-state index in [0.29, 0.717) is 6.04 Å². The van der Waals surface area contributed by atoms with Crippen molar-refractivity contribution in [1.29, 1.82) is 0 Å². The van der Waals surface area contributed by atoms with E-state index in [2.05, 4.69) is 4.98 Å². The molecule has 3 rings (SSSR count). The molecule has 1 fully saturated rings. The minimum absolute atomic E-state index is 0.253. The highest BCUT2D eigenvalue weighted by Gasteiger charge is 2.23. The lowest BCUT2D eigenvalue weighted by Gasteiger charge is -2.14. The summed E-state index contributed by atoms with van der Waals surface area (Å²) in [5.41, 5.74) is 6.79. The normalized spacial score (nSPS) is 25.1. The van der Waals surface area contributed by atoms with Crippen molar-refractivity contribution in [1.82, 2.24) is 9.38 Å². The van der Waals surface area contributed by atoms with Crippen LogP contribution in [-0.2, 0) is 0 Å². The molecule has 0 bridgehead atoms. The fourth-order valence-corrected chi connectivity index (χ4v) is 2.27. The van der Waals surface area contributed by atoms with Gasteiger partial charge in [-0.1, -0.05) is 6.07 Å². The van der Waals surface area contributed by atoms with Gasteiger partial charge in [-0.05, 0) is 31.4 Å². The number of nitrogens with zero attached hydrogens (tertiary/aromatic N) is 2. The number of aromatic nitrogens is 2. The third kappa shape index (κ3) is 1.65. The second-order valence-electron chi connectivity index (χ2n) is 4.33. The van der Waals surface area contributed by atoms with Gasteiger partial charge < -0.3 is 10.5 Å². The van der Waals surface area contributed by atoms with E-state index in [1.807, 2.05) is 28.8 Å². The van der Waals surface area contributed by atoms with E-state index in [0.717, 1.165) is 30.8 Å². The smallest absolute Gasteiger partial charge is 0.199 e. The highest BCUT2D eigenvalue weighted by atomic mass is 16.5. The molecule has 0 aliphatic heterocycles. The zero-order valence-corrected chi connectivity index (χ0v) is 9.04. The van der Waals surface area contributed by atoms with Gasteiger partial charge in [0.15, 0.2) is 5.88 Å². The highest BCUT2D eigenvalue weighted by molar-refractivity contribution is 5.41. The number of hydrogen-bond donors (Lipinski definition) is 1. The first-order valence-corrected chi connectivity index (χ1v) is 5.67. The van der Waals surface area contributed by atoms with Crippen LogP contribution in [0.5, 0.6) is 5.88 Å². The minimum Gasteiger partial charge on any atom is -0.475 e. The van der Waals surface area contributed by atoms with Crippen LogP contribution in [0.25, 0.3) is 5.65 Å². The lowest BCUT2D eigenvalue weighted by Crippen LogP contribution is -2.19. The fraction of sp³-hybridized carbons (Fsp3) is 0.417. The summed E-state index contributed by atoms with van der Waals surface area (Å²) in [4.78, 5) is 4.23. The molecule has 84 valence electrons. The van der Waals surface area contributed by atoms with Crippen LogP contribution < -0.4 is 10.5 Å². The number of fused-ring (bicyclic) bond motifs is 1. The van der Waals surface area contributed by atoms with Crippen LogP contribution in [0.1, 0.15) is 19.3 Å². The number of nitrogens with two attached hydrogens (primary N) is 1. The Morgan fingerprint density at radius 1 is 1.38 bits per heavy atom. The Balaban J connectivity index is 1.86. The Morgan fingerprint density at radius 2 is 2.31 bits per heavy atom. The average Bonchev–Trinajstić information content (AvgIpc) is 2.87. The van der Waals surface area contributed by atoms with Crippen molar-refractivity contribution in [3.05, 3.63) is 30.6 Å². The first kappa shape index (κ1) is 9.66. The molecule has 4 nitrogen and oxygen atoms in total. The minimum atomic E-state index is 0.253. The standard InChI is InChI=1S/C12H15N3O/c13-9-4-5-10(8-9)16-12-3-1-2-11-14-6-7-15(11)12/h1-3,6-7,9-10H,4-5,8,13H2. The summed E-state index contributed by atoms with van der Waals surface area (Å²) in [5.74, 6) is 0.856. The lowest BCUT2D eigenvalue weighted by molar-refractivity contribution is 0.197. The third-order valence-corrected chi connectivity index (χ3v) is 3.10. The van der Waals surface area contributed by atoms with Gasteiger partial charge in [-0.25, -0.2) is 4.98 Å². The van der Waals surface area contributed by atoms with Crippen LogP contribution in [0.2, 0.25) is 0 Å². The first-order chi connectivity index (χ1) is 7.83. The summed E-state index contributed by atoms with van der Waals surface area (Å²) in [6.45, 7) is 0. The lowest BCUT2D eigenvalue weighted by atomic mass is 10.3. The van der Waals surface area contributed by atoms with Gasteiger partial charge in [0, 0.05) is 18.4 Å². The molecule has 1 aliphatic carbocycles. The quantitative estimate of drug-likeness (QED) is 0.831. The number of ether oxygens (including phenoxy) is 1. The predicted molar refractivity (Wildman–Crippen MR) is 61.4 cm³/mol. The van der Waals surface area contributed by atoms with Gasteiger partial charge >= 0.3 is 0 Å². The van der Waals surface area contributed by atoms with Gasteiger partial charge in [0.05, 0.1) is 0 Å². The molecule has 0 radical (unpaired) electrons. The molecule has 2 heterocycles. The number of pyridine rings is 1. The second kappa shape index (κ2) is 3.79. The van der Waals surface area contributed by atoms with Gasteiger partial charge in [-0.3, -0.25) is 4.40 Å². The molecule has 4 heteroatoms. The van der Waals surface area contributed by atoms with E-state index in [1.165, 1.54) is 0 Å². The zero-order chi connectivity index (χ0) is 11.0. The van der Waals surface area contributed by atoms with Crippen molar-refractivity contribution < 1.29 is 4.74 Å². The number of rotatable bonds is 2. The zero-order valence-electron chi connectivity index (χ0n) is 9.04. The van der Waals surface area contributed by atoms with Crippen LogP contribution >= 0.6 is 0 Å². The molecule has 0 saturated heterocycles. The molecular weight excluding hydrogens is 202 g/mol. The molecule has 2 aromatic rings. The van der Waals surface area contributed by atoms with E-state index in [9.17, 15) is 0 Å². The van der Waals surface area contributed by atoms with E-state index in [4.69, 9.17) is 10.5 Å². The van der Waals surface area contributed by atoms with Crippen LogP contribution in [0.3, 0.4) is 0 Å². The highest BCUT2D eigenvalue weighted by Crippen LogP contribution is 2.23. The van der Waals surface area contributed by atoms with Crippen LogP contribution in [0.4, 0.5) is 0 Å². The molecule has 0 spiro atoms. The summed E-state index contributed by atoms with van der Waals surface area (Å²) in [5, 5.41) is 0. The van der Waals surface area contributed by atoms with Crippen molar-refractivity contribution in [2.45, 2.75) is 31.4 Å². The summed E-state index contributed by atoms with van der Waals surface area (Å²) < 4.78 is 7.92. The van der Waals surface area contributed by atoms with E-state index in [1.54, 1.807) is 6.20 Å². The molecule has 0 amide bonds. The first-order valence-electron chi connectivity index (χ1n) is 5.67. The largest absolute Gasteiger partial charge is 0.475 e. The molecule has 2 atom stereocenters. The van der Waals surface area contributed by atoms with Crippen molar-refractivity contribution in [3.8, 4) is 5.88 Å². The van der Waals surface area contributed by atoms with Crippen LogP contribution in [0, 0.1) is 0 Å². The van der Waals surface area contributed by atoms with Crippen molar-refractivity contribution in [2.24, 2.45) is 5.73 Å². The van der Waals surface area contributed by atoms with Crippen molar-refractivity contribution in [3.63, 3.8) is 0 Å². The maximum Gasteiger partial charge on any atom is 0.199 e. The van der Waals surface area contributed by atoms with Gasteiger partial charge in [0.1, 0.15) is 11.8 Å². The topological polar surface area (TPSA) is 52.5 Å². The monoisotopic (exact) mass is 217 g/mol. The average molecular weight is 217 g/mol. The summed E-state index contributed by atoms with van der Waals surface area (Å²) in [6, 6.07) is 6.20. The summed E-state index contributed by atoms with van der Waals surface area (Å²) in [6.07, 6.45) is 7.01.